The number of thiazole rings is 1. The third-order valence-electron chi connectivity index (χ3n) is 4.37. The van der Waals surface area contributed by atoms with Gasteiger partial charge in [-0.2, -0.15) is 0 Å². The zero-order chi connectivity index (χ0) is 17.7. The van der Waals surface area contributed by atoms with Crippen molar-refractivity contribution < 1.29 is 9.84 Å². The fourth-order valence-corrected chi connectivity index (χ4v) is 3.61. The number of hydrogen-bond donors (Lipinski definition) is 1. The van der Waals surface area contributed by atoms with Crippen molar-refractivity contribution in [3.05, 3.63) is 46.4 Å². The van der Waals surface area contributed by atoms with E-state index >= 15 is 0 Å². The van der Waals surface area contributed by atoms with E-state index in [1.165, 1.54) is 44.1 Å². The number of unbranched alkanes of at least 4 members (excludes halogenated alkanes) is 5. The summed E-state index contributed by atoms with van der Waals surface area (Å²) in [6, 6.07) is 8.47. The number of hydrogen-bond acceptors (Lipinski definition) is 4. The van der Waals surface area contributed by atoms with Crippen LogP contribution in [-0.2, 0) is 6.42 Å². The number of aliphatic hydroxyl groups is 1. The standard InChI is InChI=1S/C21H31NO2S/c1-2-3-4-5-6-7-9-18-11-13-19(14-12-18)24-20(10-8-16-23)21-22-15-17-25-21/h11-15,17,20,23H,2-10,16H2,1H3. The smallest absolute Gasteiger partial charge is 0.150 e. The second-order valence-electron chi connectivity index (χ2n) is 6.50. The summed E-state index contributed by atoms with van der Waals surface area (Å²) >= 11 is 1.61. The lowest BCUT2D eigenvalue weighted by Gasteiger charge is -2.17. The first-order chi connectivity index (χ1) is 12.3. The summed E-state index contributed by atoms with van der Waals surface area (Å²) in [5.41, 5.74) is 1.38. The first-order valence-corrected chi connectivity index (χ1v) is 10.5. The Bertz CT molecular complexity index is 554. The number of aromatic nitrogens is 1. The molecule has 0 aliphatic carbocycles. The van der Waals surface area contributed by atoms with Crippen LogP contribution in [0, 0.1) is 0 Å². The van der Waals surface area contributed by atoms with Crippen molar-refractivity contribution in [1.29, 1.82) is 0 Å². The fourth-order valence-electron chi connectivity index (χ4n) is 2.91. The van der Waals surface area contributed by atoms with E-state index in [2.05, 4.69) is 36.2 Å². The van der Waals surface area contributed by atoms with Crippen LogP contribution in [0.3, 0.4) is 0 Å². The molecule has 1 aromatic carbocycles. The maximum atomic E-state index is 9.09. The van der Waals surface area contributed by atoms with Gasteiger partial charge in [-0.3, -0.25) is 0 Å². The molecule has 0 aliphatic rings. The Hall–Kier alpha value is -1.39. The lowest BCUT2D eigenvalue weighted by molar-refractivity contribution is 0.175. The number of ether oxygens (including phenoxy) is 1. The van der Waals surface area contributed by atoms with Crippen molar-refractivity contribution in [1.82, 2.24) is 4.98 Å². The fraction of sp³-hybridized carbons (Fsp3) is 0.571. The van der Waals surface area contributed by atoms with Gasteiger partial charge in [0.25, 0.3) is 0 Å². The first kappa shape index (κ1) is 19.9. The highest BCUT2D eigenvalue weighted by Crippen LogP contribution is 2.27. The van der Waals surface area contributed by atoms with Crippen LogP contribution in [-0.4, -0.2) is 16.7 Å². The quantitative estimate of drug-likeness (QED) is 0.449. The molecule has 138 valence electrons. The van der Waals surface area contributed by atoms with E-state index in [9.17, 15) is 0 Å². The van der Waals surface area contributed by atoms with Gasteiger partial charge in [0.2, 0.25) is 0 Å². The van der Waals surface area contributed by atoms with Crippen LogP contribution in [0.1, 0.15) is 75.0 Å². The molecular formula is C21H31NO2S. The Balaban J connectivity index is 1.79. The van der Waals surface area contributed by atoms with Crippen LogP contribution in [0.5, 0.6) is 5.75 Å². The first-order valence-electron chi connectivity index (χ1n) is 9.59. The monoisotopic (exact) mass is 361 g/mol. The van der Waals surface area contributed by atoms with E-state index < -0.39 is 0 Å². The molecule has 0 spiro atoms. The van der Waals surface area contributed by atoms with Gasteiger partial charge >= 0.3 is 0 Å². The molecule has 1 heterocycles. The van der Waals surface area contributed by atoms with Gasteiger partial charge < -0.3 is 9.84 Å². The topological polar surface area (TPSA) is 42.4 Å². The van der Waals surface area contributed by atoms with Crippen LogP contribution in [0.4, 0.5) is 0 Å². The Morgan fingerprint density at radius 1 is 1.04 bits per heavy atom. The molecule has 0 fully saturated rings. The summed E-state index contributed by atoms with van der Waals surface area (Å²) in [7, 11) is 0. The largest absolute Gasteiger partial charge is 0.483 e. The molecule has 0 radical (unpaired) electrons. The molecule has 25 heavy (non-hydrogen) atoms. The van der Waals surface area contributed by atoms with Gasteiger partial charge in [0, 0.05) is 18.2 Å². The highest BCUT2D eigenvalue weighted by Gasteiger charge is 2.15. The maximum absolute atomic E-state index is 9.09. The van der Waals surface area contributed by atoms with E-state index in [4.69, 9.17) is 9.84 Å². The average molecular weight is 362 g/mol. The minimum absolute atomic E-state index is 0.0726. The Kier molecular flexibility index (Phi) is 9.60. The molecule has 2 aromatic rings. The Morgan fingerprint density at radius 3 is 2.48 bits per heavy atom. The van der Waals surface area contributed by atoms with E-state index in [-0.39, 0.29) is 12.7 Å². The highest BCUT2D eigenvalue weighted by atomic mass is 32.1. The molecule has 0 saturated carbocycles. The van der Waals surface area contributed by atoms with E-state index in [1.54, 1.807) is 17.5 Å². The minimum Gasteiger partial charge on any atom is -0.483 e. The molecule has 1 aromatic heterocycles. The van der Waals surface area contributed by atoms with Crippen molar-refractivity contribution in [2.75, 3.05) is 6.61 Å². The molecule has 0 bridgehead atoms. The highest BCUT2D eigenvalue weighted by molar-refractivity contribution is 7.09. The number of rotatable bonds is 13. The van der Waals surface area contributed by atoms with Crippen molar-refractivity contribution >= 4 is 11.3 Å². The van der Waals surface area contributed by atoms with Crippen LogP contribution < -0.4 is 4.74 Å². The summed E-state index contributed by atoms with van der Waals surface area (Å²) in [6.45, 7) is 2.44. The van der Waals surface area contributed by atoms with E-state index in [1.807, 2.05) is 5.38 Å². The molecular weight excluding hydrogens is 330 g/mol. The average Bonchev–Trinajstić information content (AvgIpc) is 3.17. The van der Waals surface area contributed by atoms with Gasteiger partial charge in [0.1, 0.15) is 10.8 Å². The van der Waals surface area contributed by atoms with Gasteiger partial charge in [0.15, 0.2) is 6.10 Å². The molecule has 3 nitrogen and oxygen atoms in total. The molecule has 1 unspecified atom stereocenters. The van der Waals surface area contributed by atoms with E-state index in [0.717, 1.165) is 30.0 Å². The van der Waals surface area contributed by atoms with Crippen LogP contribution >= 0.6 is 11.3 Å². The normalized spacial score (nSPS) is 12.2. The molecule has 2 rings (SSSR count). The minimum atomic E-state index is -0.0726. The number of nitrogens with zero attached hydrogens (tertiary/aromatic N) is 1. The second-order valence-corrected chi connectivity index (χ2v) is 7.43. The predicted molar refractivity (Wildman–Crippen MR) is 105 cm³/mol. The summed E-state index contributed by atoms with van der Waals surface area (Å²) in [5.74, 6) is 0.879. The third-order valence-corrected chi connectivity index (χ3v) is 5.24. The molecule has 1 N–H and O–H groups in total. The number of benzene rings is 1. The summed E-state index contributed by atoms with van der Waals surface area (Å²) < 4.78 is 6.12. The summed E-state index contributed by atoms with van der Waals surface area (Å²) in [5, 5.41) is 12.0. The van der Waals surface area contributed by atoms with Gasteiger partial charge in [0.05, 0.1) is 0 Å². The van der Waals surface area contributed by atoms with Crippen molar-refractivity contribution in [3.63, 3.8) is 0 Å². The number of aliphatic hydroxyl groups excluding tert-OH is 1. The van der Waals surface area contributed by atoms with Gasteiger partial charge in [-0.15, -0.1) is 11.3 Å². The molecule has 4 heteroatoms. The molecule has 0 saturated heterocycles. The van der Waals surface area contributed by atoms with Gasteiger partial charge in [-0.05, 0) is 43.4 Å². The predicted octanol–water partition coefficient (Wildman–Crippen LogP) is 5.94. The van der Waals surface area contributed by atoms with E-state index in [0.29, 0.717) is 0 Å². The summed E-state index contributed by atoms with van der Waals surface area (Å²) in [4.78, 5) is 4.37. The van der Waals surface area contributed by atoms with Crippen molar-refractivity contribution in [3.8, 4) is 5.75 Å². The lowest BCUT2D eigenvalue weighted by Crippen LogP contribution is -2.08. The molecule has 1 atom stereocenters. The molecule has 0 amide bonds. The zero-order valence-corrected chi connectivity index (χ0v) is 16.1. The van der Waals surface area contributed by atoms with Crippen LogP contribution in [0.25, 0.3) is 0 Å². The third kappa shape index (κ3) is 7.57. The van der Waals surface area contributed by atoms with Crippen LogP contribution in [0.2, 0.25) is 0 Å². The van der Waals surface area contributed by atoms with Crippen LogP contribution in [0.15, 0.2) is 35.8 Å². The number of aryl methyl sites for hydroxylation is 1. The molecule has 0 aliphatic heterocycles. The SMILES string of the molecule is CCCCCCCCc1ccc(OC(CCCO)c2nccs2)cc1. The van der Waals surface area contributed by atoms with Gasteiger partial charge in [-0.1, -0.05) is 51.2 Å². The van der Waals surface area contributed by atoms with Crippen molar-refractivity contribution in [2.24, 2.45) is 0 Å². The second kappa shape index (κ2) is 12.0. The summed E-state index contributed by atoms with van der Waals surface area (Å²) in [6.07, 6.45) is 12.4. The Labute approximate surface area is 156 Å². The van der Waals surface area contributed by atoms with Gasteiger partial charge in [-0.25, -0.2) is 4.98 Å². The Morgan fingerprint density at radius 2 is 1.80 bits per heavy atom. The maximum Gasteiger partial charge on any atom is 0.150 e. The van der Waals surface area contributed by atoms with Crippen molar-refractivity contribution in [2.45, 2.75) is 70.8 Å². The lowest BCUT2D eigenvalue weighted by atomic mass is 10.0. The zero-order valence-electron chi connectivity index (χ0n) is 15.3.